The van der Waals surface area contributed by atoms with Crippen LogP contribution < -0.4 is 5.73 Å². The van der Waals surface area contributed by atoms with Crippen molar-refractivity contribution < 1.29 is 4.52 Å². The first-order valence-electron chi connectivity index (χ1n) is 3.37. The van der Waals surface area contributed by atoms with Crippen LogP contribution >= 0.6 is 0 Å². The van der Waals surface area contributed by atoms with Crippen LogP contribution in [0.3, 0.4) is 0 Å². The predicted molar refractivity (Wildman–Crippen MR) is 43.1 cm³/mol. The van der Waals surface area contributed by atoms with Gasteiger partial charge in [0.2, 0.25) is 0 Å². The second-order valence-corrected chi connectivity index (χ2v) is 2.36. The topological polar surface area (TPSA) is 75.8 Å². The van der Waals surface area contributed by atoms with Crippen molar-refractivity contribution in [2.75, 3.05) is 5.73 Å². The Kier molecular flexibility index (Phi) is 1.25. The molecule has 0 spiro atoms. The summed E-state index contributed by atoms with van der Waals surface area (Å²) in [6.07, 6.45) is 0. The zero-order valence-corrected chi connectivity index (χ0v) is 6.11. The van der Waals surface area contributed by atoms with Gasteiger partial charge in [-0.05, 0) is 12.1 Å². The molecule has 0 amide bonds. The summed E-state index contributed by atoms with van der Waals surface area (Å²) in [6, 6.07) is 7.16. The predicted octanol–water partition coefficient (Wildman–Crippen LogP) is 1.28. The van der Waals surface area contributed by atoms with Crippen molar-refractivity contribution in [2.45, 2.75) is 0 Å². The number of benzene rings is 1. The molecule has 12 heavy (non-hydrogen) atoms. The Labute approximate surface area is 68.2 Å². The van der Waals surface area contributed by atoms with E-state index in [9.17, 15) is 0 Å². The van der Waals surface area contributed by atoms with Crippen LogP contribution in [0.15, 0.2) is 22.7 Å². The molecule has 1 heterocycles. The van der Waals surface area contributed by atoms with Gasteiger partial charge in [-0.1, -0.05) is 11.2 Å². The average Bonchev–Trinajstić information content (AvgIpc) is 2.48. The van der Waals surface area contributed by atoms with Crippen molar-refractivity contribution in [3.05, 3.63) is 23.8 Å². The summed E-state index contributed by atoms with van der Waals surface area (Å²) in [4.78, 5) is 0. The van der Waals surface area contributed by atoms with E-state index in [0.29, 0.717) is 22.4 Å². The van der Waals surface area contributed by atoms with Crippen molar-refractivity contribution in [3.63, 3.8) is 0 Å². The lowest BCUT2D eigenvalue weighted by Gasteiger charge is -1.87. The maximum Gasteiger partial charge on any atom is 0.186 e. The molecule has 0 atom stereocenters. The molecule has 4 heteroatoms. The third-order valence-corrected chi connectivity index (χ3v) is 1.65. The van der Waals surface area contributed by atoms with Gasteiger partial charge in [0.1, 0.15) is 6.07 Å². The minimum Gasteiger partial charge on any atom is -0.380 e. The fraction of sp³-hybridized carbons (Fsp3) is 0. The highest BCUT2D eigenvalue weighted by Crippen LogP contribution is 2.22. The highest BCUT2D eigenvalue weighted by molar-refractivity contribution is 5.90. The first-order valence-corrected chi connectivity index (χ1v) is 3.37. The minimum atomic E-state index is 0.321. The van der Waals surface area contributed by atoms with Crippen molar-refractivity contribution in [1.29, 1.82) is 5.26 Å². The molecule has 0 aliphatic carbocycles. The van der Waals surface area contributed by atoms with Gasteiger partial charge in [0.15, 0.2) is 11.4 Å². The number of anilines is 1. The van der Waals surface area contributed by atoms with Crippen LogP contribution in [0, 0.1) is 11.3 Å². The Morgan fingerprint density at radius 3 is 3.08 bits per heavy atom. The van der Waals surface area contributed by atoms with Gasteiger partial charge in [-0.2, -0.15) is 5.26 Å². The molecule has 2 rings (SSSR count). The van der Waals surface area contributed by atoms with Crippen LogP contribution in [-0.4, -0.2) is 5.16 Å². The lowest BCUT2D eigenvalue weighted by molar-refractivity contribution is 0.460. The van der Waals surface area contributed by atoms with Crippen LogP contribution in [0.1, 0.15) is 5.56 Å². The molecule has 1 aromatic heterocycles. The molecule has 2 aromatic rings. The molecule has 0 unspecified atom stereocenters. The van der Waals surface area contributed by atoms with E-state index in [1.54, 1.807) is 18.2 Å². The number of para-hydroxylation sites is 1. The maximum atomic E-state index is 8.67. The van der Waals surface area contributed by atoms with Crippen molar-refractivity contribution in [3.8, 4) is 6.07 Å². The quantitative estimate of drug-likeness (QED) is 0.628. The summed E-state index contributed by atoms with van der Waals surface area (Å²) in [5.41, 5.74) is 6.40. The van der Waals surface area contributed by atoms with E-state index >= 15 is 0 Å². The molecule has 1 aromatic carbocycles. The van der Waals surface area contributed by atoms with Crippen LogP contribution in [0.4, 0.5) is 5.82 Å². The Hall–Kier alpha value is -2.02. The van der Waals surface area contributed by atoms with Gasteiger partial charge < -0.3 is 10.3 Å². The van der Waals surface area contributed by atoms with E-state index in [-0.39, 0.29) is 0 Å². The largest absolute Gasteiger partial charge is 0.380 e. The summed E-state index contributed by atoms with van der Waals surface area (Å²) < 4.78 is 4.87. The first-order chi connectivity index (χ1) is 5.83. The molecule has 4 nitrogen and oxygen atoms in total. The van der Waals surface area contributed by atoms with E-state index in [1.165, 1.54) is 0 Å². The molecule has 0 saturated heterocycles. The summed E-state index contributed by atoms with van der Waals surface area (Å²) in [6.45, 7) is 0. The molecule has 0 saturated carbocycles. The summed E-state index contributed by atoms with van der Waals surface area (Å²) in [7, 11) is 0. The SMILES string of the molecule is N#Cc1cccc2c(N)noc12. The number of fused-ring (bicyclic) bond motifs is 1. The fourth-order valence-electron chi connectivity index (χ4n) is 1.07. The number of hydrogen-bond acceptors (Lipinski definition) is 4. The Morgan fingerprint density at radius 2 is 2.33 bits per heavy atom. The Bertz CT molecular complexity index is 467. The second-order valence-electron chi connectivity index (χ2n) is 2.36. The third-order valence-electron chi connectivity index (χ3n) is 1.65. The van der Waals surface area contributed by atoms with Crippen molar-refractivity contribution >= 4 is 16.8 Å². The van der Waals surface area contributed by atoms with Gasteiger partial charge in [0.25, 0.3) is 0 Å². The number of nitrogens with zero attached hydrogens (tertiary/aromatic N) is 2. The highest BCUT2D eigenvalue weighted by atomic mass is 16.5. The summed E-state index contributed by atoms with van der Waals surface area (Å²) in [5, 5.41) is 12.9. The van der Waals surface area contributed by atoms with E-state index in [0.717, 1.165) is 0 Å². The summed E-state index contributed by atoms with van der Waals surface area (Å²) in [5.74, 6) is 0.321. The zero-order valence-electron chi connectivity index (χ0n) is 6.11. The van der Waals surface area contributed by atoms with E-state index in [1.807, 2.05) is 6.07 Å². The van der Waals surface area contributed by atoms with Crippen LogP contribution in [0.25, 0.3) is 11.0 Å². The monoisotopic (exact) mass is 159 g/mol. The van der Waals surface area contributed by atoms with Crippen molar-refractivity contribution in [2.24, 2.45) is 0 Å². The van der Waals surface area contributed by atoms with Gasteiger partial charge in [-0.3, -0.25) is 0 Å². The number of rotatable bonds is 0. The average molecular weight is 159 g/mol. The number of nitrogen functional groups attached to an aromatic ring is 1. The van der Waals surface area contributed by atoms with E-state index in [4.69, 9.17) is 15.5 Å². The van der Waals surface area contributed by atoms with Gasteiger partial charge in [-0.25, -0.2) is 0 Å². The molecule has 58 valence electrons. The van der Waals surface area contributed by atoms with Crippen molar-refractivity contribution in [1.82, 2.24) is 5.16 Å². The van der Waals surface area contributed by atoms with Gasteiger partial charge in [0, 0.05) is 0 Å². The molecule has 2 N–H and O–H groups in total. The third kappa shape index (κ3) is 0.736. The number of nitrogens with two attached hydrogens (primary N) is 1. The lowest BCUT2D eigenvalue weighted by atomic mass is 10.2. The number of hydrogen-bond donors (Lipinski definition) is 1. The second kappa shape index (κ2) is 2.24. The zero-order chi connectivity index (χ0) is 8.55. The molecular weight excluding hydrogens is 154 g/mol. The van der Waals surface area contributed by atoms with E-state index < -0.39 is 0 Å². The molecule has 0 aliphatic heterocycles. The minimum absolute atomic E-state index is 0.321. The van der Waals surface area contributed by atoms with Gasteiger partial charge >= 0.3 is 0 Å². The number of aromatic nitrogens is 1. The molecule has 0 radical (unpaired) electrons. The summed E-state index contributed by atoms with van der Waals surface area (Å²) >= 11 is 0. The molecular formula is C8H5N3O. The smallest absolute Gasteiger partial charge is 0.186 e. The Balaban J connectivity index is 2.92. The van der Waals surface area contributed by atoms with Crippen LogP contribution in [0.5, 0.6) is 0 Å². The lowest BCUT2D eigenvalue weighted by Crippen LogP contribution is -1.83. The fourth-order valence-corrected chi connectivity index (χ4v) is 1.07. The van der Waals surface area contributed by atoms with E-state index in [2.05, 4.69) is 5.16 Å². The highest BCUT2D eigenvalue weighted by Gasteiger charge is 2.07. The first kappa shape index (κ1) is 6.68. The Morgan fingerprint density at radius 1 is 1.50 bits per heavy atom. The van der Waals surface area contributed by atoms with Crippen LogP contribution in [-0.2, 0) is 0 Å². The number of nitriles is 1. The normalized spacial score (nSPS) is 9.92. The van der Waals surface area contributed by atoms with Gasteiger partial charge in [-0.15, -0.1) is 0 Å². The maximum absolute atomic E-state index is 8.67. The van der Waals surface area contributed by atoms with Gasteiger partial charge in [0.05, 0.1) is 10.9 Å². The van der Waals surface area contributed by atoms with Crippen LogP contribution in [0.2, 0.25) is 0 Å². The molecule has 0 aliphatic rings. The standard InChI is InChI=1S/C8H5N3O/c9-4-5-2-1-3-6-7(5)12-11-8(6)10/h1-3H,(H2,10,11). The molecule has 0 bridgehead atoms. The molecule has 0 fully saturated rings.